The lowest BCUT2D eigenvalue weighted by molar-refractivity contribution is -0.208. The van der Waals surface area contributed by atoms with Crippen molar-refractivity contribution in [1.29, 1.82) is 0 Å². The van der Waals surface area contributed by atoms with Crippen LogP contribution >= 0.6 is 0 Å². The minimum Gasteiger partial charge on any atom is -0.382 e. The van der Waals surface area contributed by atoms with Gasteiger partial charge in [0.15, 0.2) is 6.10 Å². The normalized spacial score (nSPS) is 16.8. The summed E-state index contributed by atoms with van der Waals surface area (Å²) in [4.78, 5) is 11.6. The first kappa shape index (κ1) is 13.2. The van der Waals surface area contributed by atoms with Crippen molar-refractivity contribution in [2.24, 2.45) is 5.73 Å². The van der Waals surface area contributed by atoms with Gasteiger partial charge in [0.05, 0.1) is 6.04 Å². The summed E-state index contributed by atoms with van der Waals surface area (Å²) in [5.74, 6) is -0.734. The molecule has 0 bridgehead atoms. The average Bonchev–Trinajstić information content (AvgIpc) is 2.00. The molecule has 4 nitrogen and oxygen atoms in total. The van der Waals surface area contributed by atoms with Crippen molar-refractivity contribution < 1.29 is 23.1 Å². The molecule has 0 aliphatic carbocycles. The van der Waals surface area contributed by atoms with Gasteiger partial charge in [-0.15, -0.1) is 0 Å². The summed E-state index contributed by atoms with van der Waals surface area (Å²) < 4.78 is 35.6. The minimum atomic E-state index is -4.67. The molecule has 7 heteroatoms. The molecule has 0 rings (SSSR count). The van der Waals surface area contributed by atoms with Crippen LogP contribution in [0.15, 0.2) is 0 Å². The van der Waals surface area contributed by atoms with Crippen LogP contribution in [0, 0.1) is 0 Å². The largest absolute Gasteiger partial charge is 0.415 e. The average molecular weight is 214 g/mol. The number of aliphatic hydroxyl groups excluding tert-OH is 1. The van der Waals surface area contributed by atoms with Crippen LogP contribution in [0.4, 0.5) is 13.2 Å². The number of halogens is 3. The number of likely N-dealkylation sites (N-methyl/N-ethyl adjacent to an activating group) is 1. The van der Waals surface area contributed by atoms with Crippen molar-refractivity contribution in [3.63, 3.8) is 0 Å². The molecule has 0 aliphatic heterocycles. The second kappa shape index (κ2) is 4.61. The van der Waals surface area contributed by atoms with Crippen LogP contribution in [0.5, 0.6) is 0 Å². The summed E-state index contributed by atoms with van der Waals surface area (Å²) in [6, 6.07) is -0.841. The molecule has 84 valence electrons. The van der Waals surface area contributed by atoms with Gasteiger partial charge < -0.3 is 10.8 Å². The summed E-state index contributed by atoms with van der Waals surface area (Å²) in [7, 11) is 1.28. The lowest BCUT2D eigenvalue weighted by atomic mass is 10.2. The number of primary amides is 1. The maximum absolute atomic E-state index is 11.9. The smallest absolute Gasteiger partial charge is 0.382 e. The van der Waals surface area contributed by atoms with E-state index in [0.717, 1.165) is 4.90 Å². The fourth-order valence-electron chi connectivity index (χ4n) is 0.752. The predicted octanol–water partition coefficient (Wildman–Crippen LogP) is -0.285. The summed E-state index contributed by atoms with van der Waals surface area (Å²) in [6.45, 7) is 0.693. The number of rotatable bonds is 4. The van der Waals surface area contributed by atoms with E-state index in [1.807, 2.05) is 0 Å². The van der Waals surface area contributed by atoms with Gasteiger partial charge in [0.2, 0.25) is 5.91 Å². The van der Waals surface area contributed by atoms with E-state index < -0.39 is 30.8 Å². The highest BCUT2D eigenvalue weighted by atomic mass is 19.4. The zero-order valence-corrected chi connectivity index (χ0v) is 7.88. The highest BCUT2D eigenvalue weighted by Gasteiger charge is 2.39. The van der Waals surface area contributed by atoms with Crippen LogP contribution in [0.1, 0.15) is 6.92 Å². The van der Waals surface area contributed by atoms with Gasteiger partial charge in [-0.2, -0.15) is 13.2 Å². The number of aliphatic hydroxyl groups is 1. The summed E-state index contributed by atoms with van der Waals surface area (Å²) in [5, 5.41) is 8.67. The van der Waals surface area contributed by atoms with E-state index in [0.29, 0.717) is 0 Å². The highest BCUT2D eigenvalue weighted by Crippen LogP contribution is 2.20. The number of hydrogen-bond donors (Lipinski definition) is 2. The number of nitrogens with zero attached hydrogens (tertiary/aromatic N) is 1. The fourth-order valence-corrected chi connectivity index (χ4v) is 0.752. The number of amides is 1. The number of alkyl halides is 3. The van der Waals surface area contributed by atoms with Crippen molar-refractivity contribution in [2.45, 2.75) is 25.2 Å². The predicted molar refractivity (Wildman–Crippen MR) is 43.3 cm³/mol. The molecule has 0 radical (unpaired) electrons. The Morgan fingerprint density at radius 1 is 1.57 bits per heavy atom. The van der Waals surface area contributed by atoms with Crippen LogP contribution in [0.25, 0.3) is 0 Å². The lowest BCUT2D eigenvalue weighted by Crippen LogP contribution is -2.47. The van der Waals surface area contributed by atoms with Crippen LogP contribution in [0.2, 0.25) is 0 Å². The quantitative estimate of drug-likeness (QED) is 0.676. The summed E-state index contributed by atoms with van der Waals surface area (Å²) in [5.41, 5.74) is 4.88. The topological polar surface area (TPSA) is 66.6 Å². The summed E-state index contributed by atoms with van der Waals surface area (Å²) in [6.07, 6.45) is -7.14. The van der Waals surface area contributed by atoms with E-state index in [1.165, 1.54) is 14.0 Å². The van der Waals surface area contributed by atoms with Crippen LogP contribution in [0.3, 0.4) is 0 Å². The van der Waals surface area contributed by atoms with Crippen LogP contribution in [-0.4, -0.2) is 47.8 Å². The van der Waals surface area contributed by atoms with Crippen molar-refractivity contribution in [3.8, 4) is 0 Å². The number of carbonyl (C=O) groups excluding carboxylic acids is 1. The lowest BCUT2D eigenvalue weighted by Gasteiger charge is -2.25. The van der Waals surface area contributed by atoms with Crippen molar-refractivity contribution in [3.05, 3.63) is 0 Å². The van der Waals surface area contributed by atoms with Gasteiger partial charge >= 0.3 is 6.18 Å². The third-order valence-corrected chi connectivity index (χ3v) is 1.91. The number of nitrogens with two attached hydrogens (primary N) is 1. The van der Waals surface area contributed by atoms with E-state index in [4.69, 9.17) is 10.8 Å². The molecule has 0 fully saturated rings. The fraction of sp³-hybridized carbons (Fsp3) is 0.857. The van der Waals surface area contributed by atoms with Gasteiger partial charge in [-0.1, -0.05) is 0 Å². The Bertz CT molecular complexity index is 208. The maximum Gasteiger partial charge on any atom is 0.415 e. The Morgan fingerprint density at radius 2 is 2.00 bits per heavy atom. The monoisotopic (exact) mass is 214 g/mol. The molecule has 1 amide bonds. The van der Waals surface area contributed by atoms with Crippen LogP contribution < -0.4 is 5.73 Å². The zero-order valence-electron chi connectivity index (χ0n) is 7.88. The van der Waals surface area contributed by atoms with E-state index in [2.05, 4.69) is 0 Å². The van der Waals surface area contributed by atoms with Gasteiger partial charge in [0, 0.05) is 6.54 Å². The van der Waals surface area contributed by atoms with Gasteiger partial charge in [-0.3, -0.25) is 9.69 Å². The molecule has 0 aromatic carbocycles. The van der Waals surface area contributed by atoms with E-state index in [9.17, 15) is 18.0 Å². The Labute approximate surface area is 79.5 Å². The summed E-state index contributed by atoms with van der Waals surface area (Å²) >= 11 is 0. The second-order valence-corrected chi connectivity index (χ2v) is 3.08. The zero-order chi connectivity index (χ0) is 11.5. The third-order valence-electron chi connectivity index (χ3n) is 1.91. The Kier molecular flexibility index (Phi) is 4.34. The SMILES string of the molecule is CC(C(N)=O)N(C)CC(O)C(F)(F)F. The molecule has 0 saturated carbocycles. The van der Waals surface area contributed by atoms with Gasteiger partial charge in [-0.25, -0.2) is 0 Å². The number of carbonyl (C=O) groups is 1. The molecule has 3 N–H and O–H groups in total. The molecule has 2 atom stereocenters. The Morgan fingerprint density at radius 3 is 2.29 bits per heavy atom. The highest BCUT2D eigenvalue weighted by molar-refractivity contribution is 5.79. The third kappa shape index (κ3) is 3.93. The van der Waals surface area contributed by atoms with Crippen LogP contribution in [-0.2, 0) is 4.79 Å². The van der Waals surface area contributed by atoms with Crippen molar-refractivity contribution in [2.75, 3.05) is 13.6 Å². The standard InChI is InChI=1S/C7H13F3N2O2/c1-4(6(11)14)12(2)3-5(13)7(8,9)10/h4-5,13H,3H2,1-2H3,(H2,11,14). The van der Waals surface area contributed by atoms with Gasteiger partial charge in [0.25, 0.3) is 0 Å². The molecule has 2 unspecified atom stereocenters. The van der Waals surface area contributed by atoms with E-state index >= 15 is 0 Å². The first-order valence-electron chi connectivity index (χ1n) is 3.90. The molecule has 0 aliphatic rings. The van der Waals surface area contributed by atoms with E-state index in [1.54, 1.807) is 0 Å². The molecule has 0 aromatic heterocycles. The molecular formula is C7H13F3N2O2. The van der Waals surface area contributed by atoms with E-state index in [-0.39, 0.29) is 0 Å². The van der Waals surface area contributed by atoms with Crippen molar-refractivity contribution in [1.82, 2.24) is 4.90 Å². The van der Waals surface area contributed by atoms with Crippen molar-refractivity contribution >= 4 is 5.91 Å². The molecule has 0 spiro atoms. The second-order valence-electron chi connectivity index (χ2n) is 3.08. The Hall–Kier alpha value is -0.820. The molecule has 0 saturated heterocycles. The molecule has 14 heavy (non-hydrogen) atoms. The Balaban J connectivity index is 4.19. The maximum atomic E-state index is 11.9. The molecule has 0 aromatic rings. The number of hydrogen-bond acceptors (Lipinski definition) is 3. The first-order valence-corrected chi connectivity index (χ1v) is 3.90. The van der Waals surface area contributed by atoms with Gasteiger partial charge in [0.1, 0.15) is 0 Å². The molecule has 0 heterocycles. The minimum absolute atomic E-state index is 0.673. The first-order chi connectivity index (χ1) is 6.16. The molecular weight excluding hydrogens is 201 g/mol. The van der Waals surface area contributed by atoms with Gasteiger partial charge in [-0.05, 0) is 14.0 Å².